The van der Waals surface area contributed by atoms with Crippen LogP contribution in [0.3, 0.4) is 0 Å². The minimum Gasteiger partial charge on any atom is -0.449 e. The highest BCUT2D eigenvalue weighted by atomic mass is 16.3. The van der Waals surface area contributed by atoms with Gasteiger partial charge in [-0.3, -0.25) is 9.59 Å². The van der Waals surface area contributed by atoms with Gasteiger partial charge in [0.1, 0.15) is 17.1 Å². The van der Waals surface area contributed by atoms with Gasteiger partial charge in [0.2, 0.25) is 5.76 Å². The van der Waals surface area contributed by atoms with E-state index in [1.165, 1.54) is 0 Å². The molecule has 2 aromatic carbocycles. The van der Waals surface area contributed by atoms with E-state index in [4.69, 9.17) is 4.42 Å². The zero-order valence-electron chi connectivity index (χ0n) is 18.3. The Bertz CT molecular complexity index is 1310. The third-order valence-electron chi connectivity index (χ3n) is 5.85. The van der Waals surface area contributed by atoms with E-state index in [0.29, 0.717) is 48.4 Å². The number of rotatable bonds is 4. The van der Waals surface area contributed by atoms with Gasteiger partial charge in [0, 0.05) is 43.3 Å². The Labute approximate surface area is 191 Å². The van der Waals surface area contributed by atoms with Crippen molar-refractivity contribution in [2.24, 2.45) is 0 Å². The molecule has 7 nitrogen and oxygen atoms in total. The van der Waals surface area contributed by atoms with Crippen molar-refractivity contribution in [3.8, 4) is 0 Å². The monoisotopic (exact) mass is 440 g/mol. The van der Waals surface area contributed by atoms with Gasteiger partial charge in [0.15, 0.2) is 0 Å². The number of carbonyl (C=O) groups excluding carboxylic acids is 2. The van der Waals surface area contributed by atoms with Crippen molar-refractivity contribution in [2.75, 3.05) is 36.4 Å². The number of fused-ring (bicyclic) bond motifs is 1. The second-order valence-corrected chi connectivity index (χ2v) is 8.09. The van der Waals surface area contributed by atoms with E-state index in [9.17, 15) is 9.59 Å². The summed E-state index contributed by atoms with van der Waals surface area (Å²) >= 11 is 0. The van der Waals surface area contributed by atoms with Crippen molar-refractivity contribution >= 4 is 34.3 Å². The number of furan rings is 1. The fraction of sp³-hybridized carbons (Fsp3) is 0.192. The van der Waals surface area contributed by atoms with Gasteiger partial charge >= 0.3 is 0 Å². The zero-order chi connectivity index (χ0) is 22.8. The molecule has 5 rings (SSSR count). The van der Waals surface area contributed by atoms with E-state index in [2.05, 4.69) is 15.2 Å². The Hall–Kier alpha value is -4.13. The largest absolute Gasteiger partial charge is 0.449 e. The molecule has 33 heavy (non-hydrogen) atoms. The van der Waals surface area contributed by atoms with Gasteiger partial charge in [0.05, 0.1) is 0 Å². The predicted octanol–water partition coefficient (Wildman–Crippen LogP) is 4.35. The van der Waals surface area contributed by atoms with E-state index in [-0.39, 0.29) is 17.6 Å². The Morgan fingerprint density at radius 1 is 0.939 bits per heavy atom. The van der Waals surface area contributed by atoms with Crippen LogP contribution in [-0.4, -0.2) is 47.9 Å². The van der Waals surface area contributed by atoms with Crippen LogP contribution in [0.25, 0.3) is 11.0 Å². The molecule has 0 saturated carbocycles. The summed E-state index contributed by atoms with van der Waals surface area (Å²) in [6.45, 7) is 4.36. The quantitative estimate of drug-likeness (QED) is 0.510. The molecule has 1 aliphatic rings. The summed E-state index contributed by atoms with van der Waals surface area (Å²) in [5.41, 5.74) is 2.49. The molecule has 2 amide bonds. The molecule has 0 atom stereocenters. The SMILES string of the molecule is Cc1cccc(C(=O)Nc2c(C(=O)N3CCN(c4ccccn4)CC3)oc3ccccc23)c1. The molecule has 7 heteroatoms. The van der Waals surface area contributed by atoms with Crippen LogP contribution in [0.4, 0.5) is 11.5 Å². The van der Waals surface area contributed by atoms with Crippen LogP contribution in [0.2, 0.25) is 0 Å². The molecule has 2 aromatic heterocycles. The number of hydrogen-bond acceptors (Lipinski definition) is 5. The van der Waals surface area contributed by atoms with Crippen molar-refractivity contribution in [1.82, 2.24) is 9.88 Å². The summed E-state index contributed by atoms with van der Waals surface area (Å²) in [5.74, 6) is 0.550. The molecule has 166 valence electrons. The lowest BCUT2D eigenvalue weighted by atomic mass is 10.1. The first-order valence-electron chi connectivity index (χ1n) is 10.9. The first kappa shape index (κ1) is 20.8. The number of piperazine rings is 1. The van der Waals surface area contributed by atoms with Gasteiger partial charge in [-0.2, -0.15) is 0 Å². The first-order valence-corrected chi connectivity index (χ1v) is 10.9. The number of amides is 2. The van der Waals surface area contributed by atoms with Crippen LogP contribution in [0.15, 0.2) is 77.3 Å². The minimum atomic E-state index is -0.278. The van der Waals surface area contributed by atoms with Gasteiger partial charge in [-0.1, -0.05) is 35.9 Å². The van der Waals surface area contributed by atoms with Crippen molar-refractivity contribution in [3.05, 3.63) is 89.8 Å². The fourth-order valence-electron chi connectivity index (χ4n) is 4.12. The number of nitrogens with one attached hydrogen (secondary N) is 1. The topological polar surface area (TPSA) is 78.7 Å². The lowest BCUT2D eigenvalue weighted by Crippen LogP contribution is -2.49. The number of para-hydroxylation sites is 1. The second kappa shape index (κ2) is 8.78. The van der Waals surface area contributed by atoms with Gasteiger partial charge in [-0.15, -0.1) is 0 Å². The highest BCUT2D eigenvalue weighted by Gasteiger charge is 2.29. The van der Waals surface area contributed by atoms with E-state index >= 15 is 0 Å². The molecule has 1 aliphatic heterocycles. The number of hydrogen-bond donors (Lipinski definition) is 1. The maximum absolute atomic E-state index is 13.5. The predicted molar refractivity (Wildman–Crippen MR) is 128 cm³/mol. The number of benzene rings is 2. The maximum Gasteiger partial charge on any atom is 0.291 e. The van der Waals surface area contributed by atoms with Gasteiger partial charge in [-0.25, -0.2) is 4.98 Å². The Kier molecular flexibility index (Phi) is 5.52. The summed E-state index contributed by atoms with van der Waals surface area (Å²) in [4.78, 5) is 34.7. The molecule has 0 bridgehead atoms. The van der Waals surface area contributed by atoms with E-state index in [1.54, 1.807) is 23.2 Å². The average Bonchev–Trinajstić information content (AvgIpc) is 3.22. The molecule has 3 heterocycles. The highest BCUT2D eigenvalue weighted by Crippen LogP contribution is 2.32. The third-order valence-corrected chi connectivity index (χ3v) is 5.85. The summed E-state index contributed by atoms with van der Waals surface area (Å²) < 4.78 is 5.95. The number of carbonyl (C=O) groups is 2. The summed E-state index contributed by atoms with van der Waals surface area (Å²) in [7, 11) is 0. The van der Waals surface area contributed by atoms with Crippen molar-refractivity contribution in [1.29, 1.82) is 0 Å². The molecule has 1 N–H and O–H groups in total. The van der Waals surface area contributed by atoms with Gasteiger partial charge in [0.25, 0.3) is 11.8 Å². The van der Waals surface area contributed by atoms with E-state index in [1.807, 2.05) is 61.5 Å². The van der Waals surface area contributed by atoms with Crippen LogP contribution in [0, 0.1) is 6.92 Å². The smallest absolute Gasteiger partial charge is 0.291 e. The van der Waals surface area contributed by atoms with Crippen LogP contribution in [-0.2, 0) is 0 Å². The number of nitrogens with zero attached hydrogens (tertiary/aromatic N) is 3. The lowest BCUT2D eigenvalue weighted by Gasteiger charge is -2.35. The van der Waals surface area contributed by atoms with Gasteiger partial charge in [-0.05, 0) is 43.3 Å². The molecule has 1 fully saturated rings. The number of anilines is 2. The number of aromatic nitrogens is 1. The molecule has 1 saturated heterocycles. The van der Waals surface area contributed by atoms with Gasteiger partial charge < -0.3 is 19.5 Å². The van der Waals surface area contributed by atoms with Crippen LogP contribution >= 0.6 is 0 Å². The zero-order valence-corrected chi connectivity index (χ0v) is 18.3. The van der Waals surface area contributed by atoms with E-state index in [0.717, 1.165) is 11.4 Å². The molecule has 0 unspecified atom stereocenters. The van der Waals surface area contributed by atoms with Crippen LogP contribution in [0.1, 0.15) is 26.5 Å². The average molecular weight is 441 g/mol. The van der Waals surface area contributed by atoms with E-state index < -0.39 is 0 Å². The molecule has 0 spiro atoms. The number of aryl methyl sites for hydroxylation is 1. The maximum atomic E-state index is 13.5. The molecule has 0 aliphatic carbocycles. The van der Waals surface area contributed by atoms with Crippen molar-refractivity contribution in [2.45, 2.75) is 6.92 Å². The molecule has 4 aromatic rings. The fourth-order valence-corrected chi connectivity index (χ4v) is 4.12. The number of pyridine rings is 1. The molecule has 0 radical (unpaired) electrons. The second-order valence-electron chi connectivity index (χ2n) is 8.09. The van der Waals surface area contributed by atoms with Crippen molar-refractivity contribution in [3.63, 3.8) is 0 Å². The highest BCUT2D eigenvalue weighted by molar-refractivity contribution is 6.14. The Morgan fingerprint density at radius 3 is 2.48 bits per heavy atom. The standard InChI is InChI=1S/C26H24N4O3/c1-18-7-6-8-19(17-18)25(31)28-23-20-9-2-3-10-21(20)33-24(23)26(32)30-15-13-29(14-16-30)22-11-4-5-12-27-22/h2-12,17H,13-16H2,1H3,(H,28,31). The minimum absolute atomic E-state index is 0.156. The lowest BCUT2D eigenvalue weighted by molar-refractivity contribution is 0.0718. The third kappa shape index (κ3) is 4.17. The normalized spacial score (nSPS) is 13.8. The van der Waals surface area contributed by atoms with Crippen LogP contribution < -0.4 is 10.2 Å². The van der Waals surface area contributed by atoms with Crippen LogP contribution in [0.5, 0.6) is 0 Å². The summed E-state index contributed by atoms with van der Waals surface area (Å²) in [5, 5.41) is 3.63. The Balaban J connectivity index is 1.40. The van der Waals surface area contributed by atoms with Crippen molar-refractivity contribution < 1.29 is 14.0 Å². The summed E-state index contributed by atoms with van der Waals surface area (Å²) in [6.07, 6.45) is 1.77. The summed E-state index contributed by atoms with van der Waals surface area (Å²) in [6, 6.07) is 20.5. The molecular formula is C26H24N4O3. The Morgan fingerprint density at radius 2 is 1.73 bits per heavy atom. The first-order chi connectivity index (χ1) is 16.1. The molecular weight excluding hydrogens is 416 g/mol.